The minimum Gasteiger partial charge on any atom is -0.392 e. The summed E-state index contributed by atoms with van der Waals surface area (Å²) < 4.78 is 24.3. The van der Waals surface area contributed by atoms with E-state index in [1.54, 1.807) is 28.8 Å². The first kappa shape index (κ1) is 19.3. The number of aliphatic hydroxyl groups excluding tert-OH is 1. The van der Waals surface area contributed by atoms with Gasteiger partial charge < -0.3 is 15.4 Å². The fraction of sp³-hybridized carbons (Fsp3) is 0.278. The van der Waals surface area contributed by atoms with E-state index in [9.17, 15) is 14.5 Å². The highest BCUT2D eigenvalue weighted by Gasteiger charge is 2.40. The largest absolute Gasteiger partial charge is 0.750 e. The molecule has 2 heterocycles. The summed E-state index contributed by atoms with van der Waals surface area (Å²) in [4.78, 5) is 22.6. The summed E-state index contributed by atoms with van der Waals surface area (Å²) in [5.41, 5.74) is 6.32. The third-order valence-corrected chi connectivity index (χ3v) is 5.62. The van der Waals surface area contributed by atoms with Gasteiger partial charge in [-0.25, -0.2) is 9.51 Å². The van der Waals surface area contributed by atoms with E-state index in [1.165, 1.54) is 6.33 Å². The highest BCUT2D eigenvalue weighted by atomic mass is 31.1. The van der Waals surface area contributed by atoms with Gasteiger partial charge in [0.15, 0.2) is 16.9 Å². The number of imidazole rings is 1. The summed E-state index contributed by atoms with van der Waals surface area (Å²) in [5.74, 6) is -0.0606. The summed E-state index contributed by atoms with van der Waals surface area (Å²) in [7, 11) is -2.40. The second kappa shape index (κ2) is 7.75. The Bertz CT molecular complexity index is 1130. The lowest BCUT2D eigenvalue weighted by Crippen LogP contribution is -2.18. The predicted octanol–water partition coefficient (Wildman–Crippen LogP) is 1.93. The number of anilines is 1. The zero-order chi connectivity index (χ0) is 20.5. The highest BCUT2D eigenvalue weighted by Crippen LogP contribution is 2.41. The third kappa shape index (κ3) is 3.77. The molecular weight excluding hydrogens is 397 g/mol. The lowest BCUT2D eigenvalue weighted by molar-refractivity contribution is 0.107. The van der Waals surface area contributed by atoms with E-state index in [0.717, 1.165) is 0 Å². The Morgan fingerprint density at radius 2 is 2.14 bits per heavy atom. The molecule has 0 radical (unpaired) electrons. The first-order valence-corrected chi connectivity index (χ1v) is 9.96. The molecule has 0 bridgehead atoms. The number of hydrogen-bond acceptors (Lipinski definition) is 8. The smallest absolute Gasteiger partial charge is 0.392 e. The van der Waals surface area contributed by atoms with Gasteiger partial charge >= 0.3 is 8.25 Å². The average Bonchev–Trinajstić information content (AvgIpc) is 3.22. The van der Waals surface area contributed by atoms with Crippen LogP contribution < -0.4 is 15.8 Å². The summed E-state index contributed by atoms with van der Waals surface area (Å²) in [6.45, 7) is 4.04. The summed E-state index contributed by atoms with van der Waals surface area (Å²) in [6, 6.07) is 8.31. The maximum atomic E-state index is 12.1. The van der Waals surface area contributed by atoms with Crippen LogP contribution in [0.15, 0.2) is 53.6 Å². The Kier molecular flexibility index (Phi) is 5.14. The number of H-pyrrole nitrogens is 1. The molecule has 4 N–H and O–H groups in total. The van der Waals surface area contributed by atoms with E-state index in [1.807, 2.05) is 6.07 Å². The molecule has 1 aromatic carbocycles. The molecule has 4 atom stereocenters. The van der Waals surface area contributed by atoms with Crippen molar-refractivity contribution >= 4 is 25.4 Å². The Labute approximate surface area is 166 Å². The standard InChI is InChI=1S/C18H18N5O5P/c1-10-12(8-27-29(26)28-11-5-3-2-4-6-11)14(24)7-13(10)23-9-20-15-16(23)21-18(19)22-17(15)25/h2-6,9,12-14,24H,1,7-8H2,(H2-,19,21,22,25)/p+1. The molecule has 0 spiro atoms. The molecule has 2 aromatic heterocycles. The van der Waals surface area contributed by atoms with Crippen LogP contribution >= 0.6 is 8.25 Å². The van der Waals surface area contributed by atoms with Crippen molar-refractivity contribution in [1.29, 1.82) is 0 Å². The summed E-state index contributed by atoms with van der Waals surface area (Å²) in [5, 5.41) is 10.5. The van der Waals surface area contributed by atoms with Crippen molar-refractivity contribution < 1.29 is 18.7 Å². The van der Waals surface area contributed by atoms with Crippen molar-refractivity contribution in [2.45, 2.75) is 18.6 Å². The van der Waals surface area contributed by atoms with Crippen LogP contribution in [-0.4, -0.2) is 37.3 Å². The van der Waals surface area contributed by atoms with Gasteiger partial charge in [-0.15, -0.1) is 4.52 Å². The highest BCUT2D eigenvalue weighted by molar-refractivity contribution is 7.33. The number of nitrogens with one attached hydrogen (secondary N) is 1. The normalized spacial score (nSPS) is 22.2. The van der Waals surface area contributed by atoms with Crippen molar-refractivity contribution in [2.75, 3.05) is 12.3 Å². The van der Waals surface area contributed by atoms with E-state index in [-0.39, 0.29) is 24.1 Å². The lowest BCUT2D eigenvalue weighted by atomic mass is 10.0. The van der Waals surface area contributed by atoms with Crippen molar-refractivity contribution in [3.63, 3.8) is 0 Å². The van der Waals surface area contributed by atoms with Crippen LogP contribution in [0.2, 0.25) is 0 Å². The lowest BCUT2D eigenvalue weighted by Gasteiger charge is -2.15. The van der Waals surface area contributed by atoms with Crippen LogP contribution in [0, 0.1) is 5.92 Å². The number of benzene rings is 1. The van der Waals surface area contributed by atoms with Crippen molar-refractivity contribution in [1.82, 2.24) is 19.5 Å². The number of hydrogen-bond donors (Lipinski definition) is 3. The van der Waals surface area contributed by atoms with Gasteiger partial charge in [-0.05, 0) is 24.1 Å². The number of para-hydroxylation sites is 1. The number of aromatic amines is 1. The molecule has 150 valence electrons. The number of aliphatic hydroxyl groups is 1. The Hall–Kier alpha value is -3.07. The average molecular weight is 416 g/mol. The molecular formula is C18H19N5O5P+. The molecule has 11 heteroatoms. The van der Waals surface area contributed by atoms with Gasteiger partial charge in [-0.1, -0.05) is 24.8 Å². The van der Waals surface area contributed by atoms with Crippen LogP contribution in [0.25, 0.3) is 11.2 Å². The molecule has 1 aliphatic rings. The quantitative estimate of drug-likeness (QED) is 0.408. The first-order chi connectivity index (χ1) is 13.9. The van der Waals surface area contributed by atoms with Crippen LogP contribution in [0.5, 0.6) is 5.75 Å². The maximum absolute atomic E-state index is 12.1. The molecule has 3 aromatic rings. The van der Waals surface area contributed by atoms with E-state index >= 15 is 0 Å². The van der Waals surface area contributed by atoms with E-state index in [2.05, 4.69) is 21.5 Å². The van der Waals surface area contributed by atoms with Crippen molar-refractivity contribution in [3.8, 4) is 5.75 Å². The Balaban J connectivity index is 1.47. The predicted molar refractivity (Wildman–Crippen MR) is 105 cm³/mol. The molecule has 1 fully saturated rings. The second-order valence-corrected chi connectivity index (χ2v) is 7.59. The van der Waals surface area contributed by atoms with Crippen LogP contribution in [-0.2, 0) is 9.09 Å². The monoisotopic (exact) mass is 416 g/mol. The van der Waals surface area contributed by atoms with Gasteiger partial charge in [0, 0.05) is 10.5 Å². The number of nitrogen functional groups attached to an aromatic ring is 1. The van der Waals surface area contributed by atoms with Crippen molar-refractivity contribution in [3.05, 3.63) is 59.2 Å². The molecule has 0 amide bonds. The summed E-state index contributed by atoms with van der Waals surface area (Å²) in [6.07, 6.45) is 1.02. The maximum Gasteiger partial charge on any atom is 0.750 e. The fourth-order valence-electron chi connectivity index (χ4n) is 3.46. The molecule has 29 heavy (non-hydrogen) atoms. The van der Waals surface area contributed by atoms with Crippen LogP contribution in [0.4, 0.5) is 5.95 Å². The van der Waals surface area contributed by atoms with E-state index in [0.29, 0.717) is 23.4 Å². The minimum absolute atomic E-state index is 0.0247. The number of nitrogens with two attached hydrogens (primary N) is 1. The van der Waals surface area contributed by atoms with Crippen molar-refractivity contribution in [2.24, 2.45) is 5.92 Å². The van der Waals surface area contributed by atoms with Gasteiger partial charge in [-0.2, -0.15) is 4.98 Å². The number of nitrogens with zero attached hydrogens (tertiary/aromatic N) is 3. The third-order valence-electron chi connectivity index (χ3n) is 4.90. The number of fused-ring (bicyclic) bond motifs is 1. The van der Waals surface area contributed by atoms with Crippen LogP contribution in [0.3, 0.4) is 0 Å². The molecule has 4 rings (SSSR count). The number of rotatable bonds is 6. The zero-order valence-corrected chi connectivity index (χ0v) is 16.2. The first-order valence-electron chi connectivity index (χ1n) is 8.86. The number of aromatic nitrogens is 4. The molecule has 4 unspecified atom stereocenters. The van der Waals surface area contributed by atoms with Gasteiger partial charge in [0.2, 0.25) is 5.95 Å². The molecule has 0 saturated heterocycles. The van der Waals surface area contributed by atoms with E-state index in [4.69, 9.17) is 14.8 Å². The fourth-order valence-corrected chi connectivity index (χ4v) is 4.08. The molecule has 1 aliphatic carbocycles. The van der Waals surface area contributed by atoms with Gasteiger partial charge in [0.1, 0.15) is 6.61 Å². The zero-order valence-electron chi connectivity index (χ0n) is 15.3. The molecule has 10 nitrogen and oxygen atoms in total. The second-order valence-electron chi connectivity index (χ2n) is 6.70. The van der Waals surface area contributed by atoms with Gasteiger partial charge in [-0.3, -0.25) is 9.78 Å². The topological polar surface area (TPSA) is 145 Å². The van der Waals surface area contributed by atoms with Gasteiger partial charge in [0.25, 0.3) is 5.56 Å². The summed E-state index contributed by atoms with van der Waals surface area (Å²) >= 11 is 0. The van der Waals surface area contributed by atoms with Gasteiger partial charge in [0.05, 0.1) is 18.5 Å². The SMILES string of the molecule is C=C1C(CO[P+](=O)Oc2ccccc2)C(O)CC1n1cnc2c(=O)[nH]c(N)nc21. The minimum atomic E-state index is -2.40. The Morgan fingerprint density at radius 1 is 1.38 bits per heavy atom. The molecule has 1 saturated carbocycles. The van der Waals surface area contributed by atoms with E-state index < -0.39 is 25.8 Å². The Morgan fingerprint density at radius 3 is 2.90 bits per heavy atom. The molecule has 0 aliphatic heterocycles. The van der Waals surface area contributed by atoms with Crippen LogP contribution in [0.1, 0.15) is 12.5 Å².